The molecule has 3 rings (SSSR count). The summed E-state index contributed by atoms with van der Waals surface area (Å²) in [4.78, 5) is 41.2. The summed E-state index contributed by atoms with van der Waals surface area (Å²) in [5.41, 5.74) is 0.203. The van der Waals surface area contributed by atoms with E-state index < -0.39 is 6.04 Å². The predicted molar refractivity (Wildman–Crippen MR) is 87.3 cm³/mol. The molecule has 2 N–H and O–H groups in total. The van der Waals surface area contributed by atoms with Gasteiger partial charge in [0, 0.05) is 30.6 Å². The van der Waals surface area contributed by atoms with E-state index in [0.29, 0.717) is 29.3 Å². The highest BCUT2D eigenvalue weighted by molar-refractivity contribution is 6.07. The number of aromatic nitrogens is 1. The first kappa shape index (κ1) is 15.3. The number of fused-ring (bicyclic) bond motifs is 1. The van der Waals surface area contributed by atoms with Crippen LogP contribution in [0.5, 0.6) is 0 Å². The summed E-state index contributed by atoms with van der Waals surface area (Å²) in [6.07, 6.45) is 3.91. The van der Waals surface area contributed by atoms with Crippen molar-refractivity contribution in [1.82, 2.24) is 15.2 Å². The number of amides is 2. The Morgan fingerprint density at radius 3 is 2.70 bits per heavy atom. The van der Waals surface area contributed by atoms with E-state index >= 15 is 0 Å². The predicted octanol–water partition coefficient (Wildman–Crippen LogP) is 1.27. The van der Waals surface area contributed by atoms with E-state index in [0.717, 1.165) is 12.8 Å². The number of nitrogens with one attached hydrogen (secondary N) is 2. The number of H-pyrrole nitrogens is 1. The molecule has 23 heavy (non-hydrogen) atoms. The lowest BCUT2D eigenvalue weighted by Gasteiger charge is -2.34. The van der Waals surface area contributed by atoms with Gasteiger partial charge >= 0.3 is 0 Å². The Morgan fingerprint density at radius 1 is 1.22 bits per heavy atom. The zero-order valence-electron chi connectivity index (χ0n) is 13.0. The fourth-order valence-electron chi connectivity index (χ4n) is 3.15. The lowest BCUT2D eigenvalue weighted by molar-refractivity contribution is -0.126. The summed E-state index contributed by atoms with van der Waals surface area (Å²) < 4.78 is 0. The van der Waals surface area contributed by atoms with Crippen LogP contribution in [0.4, 0.5) is 0 Å². The van der Waals surface area contributed by atoms with Crippen molar-refractivity contribution in [2.75, 3.05) is 13.6 Å². The van der Waals surface area contributed by atoms with Crippen LogP contribution in [0.1, 0.15) is 29.6 Å². The molecule has 2 heterocycles. The number of pyridine rings is 1. The Kier molecular flexibility index (Phi) is 4.14. The molecule has 0 saturated carbocycles. The van der Waals surface area contributed by atoms with Crippen LogP contribution in [0, 0.1) is 0 Å². The molecule has 2 aromatic rings. The lowest BCUT2D eigenvalue weighted by atomic mass is 9.99. The molecule has 1 aromatic carbocycles. The van der Waals surface area contributed by atoms with Crippen LogP contribution in [-0.2, 0) is 4.79 Å². The van der Waals surface area contributed by atoms with Gasteiger partial charge in [0.05, 0.1) is 5.56 Å². The average molecular weight is 313 g/mol. The van der Waals surface area contributed by atoms with Crippen molar-refractivity contribution < 1.29 is 9.59 Å². The Bertz CT molecular complexity index is 812. The summed E-state index contributed by atoms with van der Waals surface area (Å²) >= 11 is 0. The Labute approximate surface area is 133 Å². The largest absolute Gasteiger partial charge is 0.357 e. The molecule has 0 radical (unpaired) electrons. The van der Waals surface area contributed by atoms with Crippen molar-refractivity contribution >= 4 is 22.6 Å². The highest BCUT2D eigenvalue weighted by atomic mass is 16.2. The third-order valence-corrected chi connectivity index (χ3v) is 4.35. The lowest BCUT2D eigenvalue weighted by Crippen LogP contribution is -2.51. The highest BCUT2D eigenvalue weighted by Crippen LogP contribution is 2.22. The first-order chi connectivity index (χ1) is 11.1. The van der Waals surface area contributed by atoms with E-state index in [1.807, 2.05) is 0 Å². The monoisotopic (exact) mass is 313 g/mol. The molecule has 1 saturated heterocycles. The SMILES string of the molecule is CNC(=O)C1CCCCN1C(=O)c1c[nH]c(=O)c2ccccc12. The van der Waals surface area contributed by atoms with Gasteiger partial charge in [-0.15, -0.1) is 0 Å². The summed E-state index contributed by atoms with van der Waals surface area (Å²) in [6, 6.07) is 6.56. The van der Waals surface area contributed by atoms with E-state index in [1.165, 1.54) is 6.20 Å². The van der Waals surface area contributed by atoms with Gasteiger partial charge in [0.25, 0.3) is 11.5 Å². The fraction of sp³-hybridized carbons (Fsp3) is 0.353. The standard InChI is InChI=1S/C17H19N3O3/c1-18-16(22)14-8-4-5-9-20(14)17(23)13-10-19-15(21)12-7-3-2-6-11(12)13/h2-3,6-7,10,14H,4-5,8-9H2,1H3,(H,18,22)(H,19,21). The first-order valence-electron chi connectivity index (χ1n) is 7.76. The second-order valence-electron chi connectivity index (χ2n) is 5.70. The van der Waals surface area contributed by atoms with Crippen molar-refractivity contribution in [3.8, 4) is 0 Å². The van der Waals surface area contributed by atoms with Crippen LogP contribution >= 0.6 is 0 Å². The maximum absolute atomic E-state index is 13.0. The fourth-order valence-corrected chi connectivity index (χ4v) is 3.15. The van der Waals surface area contributed by atoms with Crippen LogP contribution < -0.4 is 10.9 Å². The zero-order chi connectivity index (χ0) is 16.4. The van der Waals surface area contributed by atoms with Crippen LogP contribution in [0.3, 0.4) is 0 Å². The molecule has 1 aliphatic rings. The van der Waals surface area contributed by atoms with Gasteiger partial charge in [0.2, 0.25) is 5.91 Å². The molecular formula is C17H19N3O3. The third kappa shape index (κ3) is 2.72. The van der Waals surface area contributed by atoms with E-state index in [2.05, 4.69) is 10.3 Å². The Hall–Kier alpha value is -2.63. The van der Waals surface area contributed by atoms with Crippen molar-refractivity contribution in [1.29, 1.82) is 0 Å². The number of nitrogens with zero attached hydrogens (tertiary/aromatic N) is 1. The number of aromatic amines is 1. The summed E-state index contributed by atoms with van der Waals surface area (Å²) in [6.45, 7) is 0.546. The number of carbonyl (C=O) groups is 2. The van der Waals surface area contributed by atoms with Gasteiger partial charge in [-0.1, -0.05) is 18.2 Å². The number of hydrogen-bond donors (Lipinski definition) is 2. The molecule has 6 heteroatoms. The quantitative estimate of drug-likeness (QED) is 0.876. The first-order valence-corrected chi connectivity index (χ1v) is 7.76. The van der Waals surface area contributed by atoms with Crippen molar-refractivity contribution in [2.45, 2.75) is 25.3 Å². The summed E-state index contributed by atoms with van der Waals surface area (Å²) in [7, 11) is 1.58. The number of rotatable bonds is 2. The molecule has 120 valence electrons. The van der Waals surface area contributed by atoms with E-state index in [9.17, 15) is 14.4 Å². The molecule has 1 fully saturated rings. The molecule has 0 bridgehead atoms. The normalized spacial score (nSPS) is 18.0. The van der Waals surface area contributed by atoms with Gasteiger partial charge in [-0.25, -0.2) is 0 Å². The van der Waals surface area contributed by atoms with Gasteiger partial charge < -0.3 is 15.2 Å². The van der Waals surface area contributed by atoms with Gasteiger partial charge in [0.1, 0.15) is 6.04 Å². The van der Waals surface area contributed by atoms with Crippen molar-refractivity contribution in [3.63, 3.8) is 0 Å². The van der Waals surface area contributed by atoms with E-state index in [1.54, 1.807) is 36.2 Å². The van der Waals surface area contributed by atoms with Crippen molar-refractivity contribution in [3.05, 3.63) is 46.4 Å². The van der Waals surface area contributed by atoms with Crippen LogP contribution in [-0.4, -0.2) is 41.3 Å². The zero-order valence-corrected chi connectivity index (χ0v) is 13.0. The topological polar surface area (TPSA) is 82.3 Å². The van der Waals surface area contributed by atoms with Crippen LogP contribution in [0.25, 0.3) is 10.8 Å². The molecule has 6 nitrogen and oxygen atoms in total. The second kappa shape index (κ2) is 6.24. The van der Waals surface area contributed by atoms with Gasteiger partial charge in [-0.2, -0.15) is 0 Å². The van der Waals surface area contributed by atoms with E-state index in [-0.39, 0.29) is 17.4 Å². The Balaban J connectivity index is 2.04. The van der Waals surface area contributed by atoms with Gasteiger partial charge in [-0.3, -0.25) is 14.4 Å². The highest BCUT2D eigenvalue weighted by Gasteiger charge is 2.32. The molecule has 2 amide bonds. The maximum atomic E-state index is 13.0. The molecule has 0 aliphatic carbocycles. The minimum atomic E-state index is -0.452. The maximum Gasteiger partial charge on any atom is 0.256 e. The molecule has 0 spiro atoms. The average Bonchev–Trinajstić information content (AvgIpc) is 2.61. The number of likely N-dealkylation sites (N-methyl/N-ethyl adjacent to an activating group) is 1. The summed E-state index contributed by atoms with van der Waals surface area (Å²) in [5, 5.41) is 3.72. The second-order valence-corrected chi connectivity index (χ2v) is 5.70. The molecule has 1 unspecified atom stereocenters. The van der Waals surface area contributed by atoms with Crippen LogP contribution in [0.15, 0.2) is 35.3 Å². The molecule has 1 aliphatic heterocycles. The van der Waals surface area contributed by atoms with Gasteiger partial charge in [0.15, 0.2) is 0 Å². The minimum Gasteiger partial charge on any atom is -0.357 e. The number of benzene rings is 1. The smallest absolute Gasteiger partial charge is 0.256 e. The summed E-state index contributed by atoms with van der Waals surface area (Å²) in [5.74, 6) is -0.363. The number of piperidine rings is 1. The molecular weight excluding hydrogens is 294 g/mol. The molecule has 1 atom stereocenters. The third-order valence-electron chi connectivity index (χ3n) is 4.35. The van der Waals surface area contributed by atoms with Crippen LogP contribution in [0.2, 0.25) is 0 Å². The number of likely N-dealkylation sites (tertiary alicyclic amines) is 1. The van der Waals surface area contributed by atoms with Gasteiger partial charge in [-0.05, 0) is 25.3 Å². The van der Waals surface area contributed by atoms with Crippen molar-refractivity contribution in [2.24, 2.45) is 0 Å². The van der Waals surface area contributed by atoms with E-state index in [4.69, 9.17) is 0 Å². The Morgan fingerprint density at radius 2 is 1.96 bits per heavy atom. The number of carbonyl (C=O) groups excluding carboxylic acids is 2. The minimum absolute atomic E-state index is 0.146. The number of hydrogen-bond acceptors (Lipinski definition) is 3. The molecule has 1 aromatic heterocycles.